The SMILES string of the molecule is COc1ccc(CNC(=O)c2ccc3ncc4c(=O)n(-c5ccc(C)c(C)c5)[nH]c4c3c2)cc1OC. The molecule has 3 aromatic carbocycles. The quantitative estimate of drug-likeness (QED) is 0.373. The summed E-state index contributed by atoms with van der Waals surface area (Å²) in [7, 11) is 3.15. The number of methoxy groups -OCH3 is 2. The molecule has 0 unspecified atom stereocenters. The number of aryl methyl sites for hydroxylation is 2. The van der Waals surface area contributed by atoms with Crippen LogP contribution in [0.15, 0.2) is 65.6 Å². The second-order valence-electron chi connectivity index (χ2n) is 8.67. The van der Waals surface area contributed by atoms with E-state index in [4.69, 9.17) is 9.47 Å². The van der Waals surface area contributed by atoms with Gasteiger partial charge >= 0.3 is 0 Å². The van der Waals surface area contributed by atoms with E-state index in [2.05, 4.69) is 15.4 Å². The first-order valence-corrected chi connectivity index (χ1v) is 11.5. The van der Waals surface area contributed by atoms with Crippen LogP contribution >= 0.6 is 0 Å². The van der Waals surface area contributed by atoms with Crippen molar-refractivity contribution in [3.05, 3.63) is 93.4 Å². The number of fused-ring (bicyclic) bond motifs is 3. The number of ether oxygens (including phenoxy) is 2. The van der Waals surface area contributed by atoms with E-state index in [0.717, 1.165) is 22.4 Å². The Kier molecular flexibility index (Phi) is 5.93. The molecule has 5 aromatic rings. The van der Waals surface area contributed by atoms with Gasteiger partial charge in [0.2, 0.25) is 0 Å². The first kappa shape index (κ1) is 23.2. The van der Waals surface area contributed by atoms with Crippen LogP contribution in [0.1, 0.15) is 27.0 Å². The predicted octanol–water partition coefficient (Wildman–Crippen LogP) is 4.43. The number of pyridine rings is 1. The highest BCUT2D eigenvalue weighted by molar-refractivity contribution is 6.06. The summed E-state index contributed by atoms with van der Waals surface area (Å²) in [4.78, 5) is 30.6. The molecule has 0 fully saturated rings. The Morgan fingerprint density at radius 2 is 1.75 bits per heavy atom. The number of carbonyl (C=O) groups is 1. The van der Waals surface area contributed by atoms with Crippen molar-refractivity contribution < 1.29 is 14.3 Å². The Balaban J connectivity index is 1.48. The zero-order valence-corrected chi connectivity index (χ0v) is 20.5. The molecule has 36 heavy (non-hydrogen) atoms. The van der Waals surface area contributed by atoms with Gasteiger partial charge in [0.25, 0.3) is 11.5 Å². The molecule has 0 aliphatic rings. The fourth-order valence-corrected chi connectivity index (χ4v) is 4.22. The van der Waals surface area contributed by atoms with Crippen molar-refractivity contribution in [2.75, 3.05) is 14.2 Å². The lowest BCUT2D eigenvalue weighted by molar-refractivity contribution is 0.0951. The number of carbonyl (C=O) groups excluding carboxylic acids is 1. The van der Waals surface area contributed by atoms with Crippen LogP contribution in [-0.2, 0) is 6.54 Å². The van der Waals surface area contributed by atoms with E-state index in [9.17, 15) is 9.59 Å². The third-order valence-electron chi connectivity index (χ3n) is 6.44. The van der Waals surface area contributed by atoms with Gasteiger partial charge in [0.05, 0.1) is 36.3 Å². The number of amides is 1. The summed E-state index contributed by atoms with van der Waals surface area (Å²) in [5.41, 5.74) is 5.47. The number of hydrogen-bond acceptors (Lipinski definition) is 5. The number of hydrogen-bond donors (Lipinski definition) is 2. The molecular formula is C28H26N4O4. The van der Waals surface area contributed by atoms with Gasteiger partial charge in [0.1, 0.15) is 0 Å². The van der Waals surface area contributed by atoms with Gasteiger partial charge in [-0.15, -0.1) is 0 Å². The lowest BCUT2D eigenvalue weighted by Crippen LogP contribution is -2.22. The molecule has 0 saturated heterocycles. The van der Waals surface area contributed by atoms with Crippen LogP contribution in [0.4, 0.5) is 0 Å². The molecule has 0 saturated carbocycles. The van der Waals surface area contributed by atoms with Crippen molar-refractivity contribution in [3.8, 4) is 17.2 Å². The Hall–Kier alpha value is -4.59. The third-order valence-corrected chi connectivity index (χ3v) is 6.44. The molecule has 2 heterocycles. The monoisotopic (exact) mass is 482 g/mol. The number of benzene rings is 3. The topological polar surface area (TPSA) is 98.2 Å². The van der Waals surface area contributed by atoms with Crippen molar-refractivity contribution in [1.29, 1.82) is 0 Å². The normalized spacial score (nSPS) is 11.1. The van der Waals surface area contributed by atoms with Gasteiger partial charge in [-0.2, -0.15) is 0 Å². The van der Waals surface area contributed by atoms with Crippen molar-refractivity contribution in [2.45, 2.75) is 20.4 Å². The molecule has 2 N–H and O–H groups in total. The molecule has 1 amide bonds. The second-order valence-corrected chi connectivity index (χ2v) is 8.67. The Bertz CT molecular complexity index is 1680. The van der Waals surface area contributed by atoms with Gasteiger partial charge in [-0.3, -0.25) is 19.7 Å². The average Bonchev–Trinajstić information content (AvgIpc) is 3.25. The molecule has 0 atom stereocenters. The van der Waals surface area contributed by atoms with Crippen LogP contribution in [0, 0.1) is 13.8 Å². The number of H-pyrrole nitrogens is 1. The maximum Gasteiger partial charge on any atom is 0.280 e. The highest BCUT2D eigenvalue weighted by Crippen LogP contribution is 2.27. The van der Waals surface area contributed by atoms with Gasteiger partial charge < -0.3 is 14.8 Å². The molecule has 0 aliphatic heterocycles. The zero-order chi connectivity index (χ0) is 25.4. The predicted molar refractivity (Wildman–Crippen MR) is 139 cm³/mol. The maximum atomic E-state index is 13.1. The number of nitrogens with one attached hydrogen (secondary N) is 2. The second kappa shape index (κ2) is 9.22. The molecule has 5 rings (SSSR count). The number of aromatic nitrogens is 3. The van der Waals surface area contributed by atoms with Gasteiger partial charge in [-0.1, -0.05) is 12.1 Å². The number of nitrogens with zero attached hydrogens (tertiary/aromatic N) is 2. The van der Waals surface area contributed by atoms with Crippen molar-refractivity contribution >= 4 is 27.7 Å². The van der Waals surface area contributed by atoms with E-state index in [1.807, 2.05) is 44.2 Å². The molecule has 182 valence electrons. The zero-order valence-electron chi connectivity index (χ0n) is 20.5. The lowest BCUT2D eigenvalue weighted by atomic mass is 10.1. The van der Waals surface area contributed by atoms with Gasteiger partial charge in [-0.05, 0) is 73.0 Å². The highest BCUT2D eigenvalue weighted by atomic mass is 16.5. The van der Waals surface area contributed by atoms with Crippen molar-refractivity contribution in [3.63, 3.8) is 0 Å². The van der Waals surface area contributed by atoms with E-state index in [1.165, 1.54) is 4.68 Å². The fourth-order valence-electron chi connectivity index (χ4n) is 4.22. The van der Waals surface area contributed by atoms with Crippen LogP contribution in [0.25, 0.3) is 27.5 Å². The molecule has 0 aliphatic carbocycles. The Morgan fingerprint density at radius 1 is 0.944 bits per heavy atom. The largest absolute Gasteiger partial charge is 0.493 e. The summed E-state index contributed by atoms with van der Waals surface area (Å²) >= 11 is 0. The van der Waals surface area contributed by atoms with Crippen LogP contribution < -0.4 is 20.3 Å². The van der Waals surface area contributed by atoms with E-state index < -0.39 is 0 Å². The van der Waals surface area contributed by atoms with Crippen LogP contribution in [0.2, 0.25) is 0 Å². The van der Waals surface area contributed by atoms with E-state index in [1.54, 1.807) is 44.7 Å². The minimum absolute atomic E-state index is 0.189. The molecule has 2 aromatic heterocycles. The summed E-state index contributed by atoms with van der Waals surface area (Å²) in [5.74, 6) is 0.987. The summed E-state index contributed by atoms with van der Waals surface area (Å²) in [6.07, 6.45) is 1.57. The van der Waals surface area contributed by atoms with Crippen molar-refractivity contribution in [2.24, 2.45) is 0 Å². The summed E-state index contributed by atoms with van der Waals surface area (Å²) in [6.45, 7) is 4.36. The van der Waals surface area contributed by atoms with E-state index in [0.29, 0.717) is 45.4 Å². The molecule has 8 heteroatoms. The molecule has 0 bridgehead atoms. The van der Waals surface area contributed by atoms with Crippen LogP contribution in [0.5, 0.6) is 11.5 Å². The fraction of sp³-hybridized carbons (Fsp3) is 0.179. The summed E-state index contributed by atoms with van der Waals surface area (Å²) in [6, 6.07) is 16.6. The highest BCUT2D eigenvalue weighted by Gasteiger charge is 2.15. The lowest BCUT2D eigenvalue weighted by Gasteiger charge is -2.10. The first-order valence-electron chi connectivity index (χ1n) is 11.5. The van der Waals surface area contributed by atoms with Gasteiger partial charge in [0.15, 0.2) is 11.5 Å². The molecule has 0 radical (unpaired) electrons. The standard InChI is InChI=1S/C28H26N4O4/c1-16-5-8-20(11-17(16)2)32-28(34)22-15-29-23-9-7-19(13-21(23)26(22)31-32)27(33)30-14-18-6-10-24(35-3)25(12-18)36-4/h5-13,15,31H,14H2,1-4H3,(H,30,33). The van der Waals surface area contributed by atoms with Crippen LogP contribution in [0.3, 0.4) is 0 Å². The molecule has 8 nitrogen and oxygen atoms in total. The first-order chi connectivity index (χ1) is 17.4. The minimum Gasteiger partial charge on any atom is -0.493 e. The maximum absolute atomic E-state index is 13.1. The number of aromatic amines is 1. The Morgan fingerprint density at radius 3 is 2.50 bits per heavy atom. The third kappa shape index (κ3) is 4.07. The minimum atomic E-state index is -0.236. The summed E-state index contributed by atoms with van der Waals surface area (Å²) < 4.78 is 12.1. The van der Waals surface area contributed by atoms with Crippen molar-refractivity contribution in [1.82, 2.24) is 20.1 Å². The van der Waals surface area contributed by atoms with Gasteiger partial charge in [0, 0.05) is 23.7 Å². The molecule has 0 spiro atoms. The van der Waals surface area contributed by atoms with Crippen LogP contribution in [-0.4, -0.2) is 34.9 Å². The average molecular weight is 483 g/mol. The van der Waals surface area contributed by atoms with E-state index >= 15 is 0 Å². The van der Waals surface area contributed by atoms with E-state index in [-0.39, 0.29) is 11.5 Å². The summed E-state index contributed by atoms with van der Waals surface area (Å²) in [5, 5.41) is 7.32. The van der Waals surface area contributed by atoms with Gasteiger partial charge in [-0.25, -0.2) is 4.68 Å². The molecular weight excluding hydrogens is 456 g/mol. The smallest absolute Gasteiger partial charge is 0.280 e. The number of rotatable bonds is 6. The Labute approximate surface area is 207 Å².